The summed E-state index contributed by atoms with van der Waals surface area (Å²) in [6.07, 6.45) is 5.27. The molecule has 0 radical (unpaired) electrons. The van der Waals surface area contributed by atoms with Crippen LogP contribution in [0.3, 0.4) is 0 Å². The van der Waals surface area contributed by atoms with Crippen molar-refractivity contribution in [3.05, 3.63) is 0 Å². The van der Waals surface area contributed by atoms with Crippen molar-refractivity contribution in [2.45, 2.75) is 52.4 Å². The monoisotopic (exact) mass is 229 g/mol. The number of esters is 1. The molecule has 16 heavy (non-hydrogen) atoms. The predicted octanol–water partition coefficient (Wildman–Crippen LogP) is 1.28. The highest BCUT2D eigenvalue weighted by atomic mass is 16.5. The summed E-state index contributed by atoms with van der Waals surface area (Å²) >= 11 is 0. The van der Waals surface area contributed by atoms with Crippen molar-refractivity contribution in [3.8, 4) is 0 Å². The summed E-state index contributed by atoms with van der Waals surface area (Å²) in [6.45, 7) is 3.48. The van der Waals surface area contributed by atoms with Gasteiger partial charge in [0.05, 0.1) is 13.1 Å². The van der Waals surface area contributed by atoms with Crippen molar-refractivity contribution in [2.75, 3.05) is 7.11 Å². The molecule has 0 saturated heterocycles. The minimum absolute atomic E-state index is 0.283. The van der Waals surface area contributed by atoms with Gasteiger partial charge in [0.25, 0.3) is 0 Å². The molecule has 0 N–H and O–H groups in total. The normalized spacial score (nSPS) is 14.2. The fourth-order valence-corrected chi connectivity index (χ4v) is 1.59. The zero-order chi connectivity index (χ0) is 12.6. The van der Waals surface area contributed by atoms with E-state index in [9.17, 15) is 14.7 Å². The molecule has 0 fully saturated rings. The minimum atomic E-state index is -1.50. The lowest BCUT2D eigenvalue weighted by atomic mass is 9.84. The van der Waals surface area contributed by atoms with Crippen LogP contribution >= 0.6 is 0 Å². The van der Waals surface area contributed by atoms with Crippen LogP contribution < -0.4 is 5.11 Å². The highest BCUT2D eigenvalue weighted by Crippen LogP contribution is 2.25. The van der Waals surface area contributed by atoms with Gasteiger partial charge in [-0.05, 0) is 13.3 Å². The van der Waals surface area contributed by atoms with E-state index >= 15 is 0 Å². The second kappa shape index (κ2) is 7.25. The Morgan fingerprint density at radius 3 is 2.19 bits per heavy atom. The van der Waals surface area contributed by atoms with Gasteiger partial charge in [0.1, 0.15) is 5.41 Å². The van der Waals surface area contributed by atoms with Crippen LogP contribution in [0.4, 0.5) is 0 Å². The Hall–Kier alpha value is -1.06. The third kappa shape index (κ3) is 4.21. The zero-order valence-corrected chi connectivity index (χ0v) is 10.4. The third-order valence-electron chi connectivity index (χ3n) is 2.87. The number of unbranched alkanes of at least 4 members (excludes halogenated alkanes) is 4. The van der Waals surface area contributed by atoms with Gasteiger partial charge in [-0.2, -0.15) is 0 Å². The number of hydrogen-bond donors (Lipinski definition) is 0. The highest BCUT2D eigenvalue weighted by Gasteiger charge is 2.35. The average molecular weight is 229 g/mol. The van der Waals surface area contributed by atoms with E-state index in [1.165, 1.54) is 14.0 Å². The van der Waals surface area contributed by atoms with Crippen molar-refractivity contribution < 1.29 is 19.4 Å². The van der Waals surface area contributed by atoms with E-state index in [0.29, 0.717) is 6.42 Å². The van der Waals surface area contributed by atoms with Crippen LogP contribution in [0.25, 0.3) is 0 Å². The third-order valence-corrected chi connectivity index (χ3v) is 2.87. The largest absolute Gasteiger partial charge is 0.549 e. The minimum Gasteiger partial charge on any atom is -0.549 e. The molecule has 4 heteroatoms. The molecule has 0 unspecified atom stereocenters. The Morgan fingerprint density at radius 1 is 1.19 bits per heavy atom. The highest BCUT2D eigenvalue weighted by molar-refractivity contribution is 5.97. The number of hydrogen-bond acceptors (Lipinski definition) is 4. The molecule has 0 aromatic carbocycles. The van der Waals surface area contributed by atoms with E-state index < -0.39 is 17.4 Å². The van der Waals surface area contributed by atoms with Crippen LogP contribution in [0.5, 0.6) is 0 Å². The van der Waals surface area contributed by atoms with Crippen molar-refractivity contribution >= 4 is 11.9 Å². The maximum absolute atomic E-state index is 11.4. The van der Waals surface area contributed by atoms with E-state index in [2.05, 4.69) is 11.7 Å². The number of aliphatic carboxylic acids is 1. The van der Waals surface area contributed by atoms with Gasteiger partial charge in [-0.25, -0.2) is 0 Å². The van der Waals surface area contributed by atoms with E-state index in [0.717, 1.165) is 25.7 Å². The summed E-state index contributed by atoms with van der Waals surface area (Å²) < 4.78 is 4.50. The molecule has 0 aromatic rings. The Kier molecular flexibility index (Phi) is 6.77. The first kappa shape index (κ1) is 14.9. The van der Waals surface area contributed by atoms with Crippen molar-refractivity contribution in [1.29, 1.82) is 0 Å². The number of methoxy groups -OCH3 is 1. The van der Waals surface area contributed by atoms with Crippen molar-refractivity contribution in [3.63, 3.8) is 0 Å². The first-order valence-electron chi connectivity index (χ1n) is 5.79. The van der Waals surface area contributed by atoms with Gasteiger partial charge in [0.2, 0.25) is 0 Å². The summed E-state index contributed by atoms with van der Waals surface area (Å²) in [5.74, 6) is -2.07. The maximum atomic E-state index is 11.4. The molecule has 0 aliphatic rings. The lowest BCUT2D eigenvalue weighted by molar-refractivity contribution is -0.317. The quantitative estimate of drug-likeness (QED) is 0.357. The average Bonchev–Trinajstić information content (AvgIpc) is 2.27. The van der Waals surface area contributed by atoms with Gasteiger partial charge in [0.15, 0.2) is 0 Å². The number of rotatable bonds is 8. The van der Waals surface area contributed by atoms with Gasteiger partial charge in [0, 0.05) is 0 Å². The lowest BCUT2D eigenvalue weighted by Crippen LogP contribution is -2.46. The van der Waals surface area contributed by atoms with Crippen LogP contribution in [0.2, 0.25) is 0 Å². The molecule has 0 heterocycles. The summed E-state index contributed by atoms with van der Waals surface area (Å²) in [6, 6.07) is 0. The molecule has 0 saturated carbocycles. The van der Waals surface area contributed by atoms with Crippen LogP contribution in [0, 0.1) is 5.41 Å². The molecule has 4 nitrogen and oxygen atoms in total. The molecule has 0 bridgehead atoms. The van der Waals surface area contributed by atoms with Gasteiger partial charge < -0.3 is 14.6 Å². The van der Waals surface area contributed by atoms with E-state index in [-0.39, 0.29) is 6.42 Å². The molecule has 94 valence electrons. The smallest absolute Gasteiger partial charge is 0.317 e. The molecular weight excluding hydrogens is 208 g/mol. The number of carboxylic acid groups (broad SMARTS) is 1. The van der Waals surface area contributed by atoms with Crippen molar-refractivity contribution in [1.82, 2.24) is 0 Å². The Morgan fingerprint density at radius 2 is 1.75 bits per heavy atom. The van der Waals surface area contributed by atoms with Gasteiger partial charge >= 0.3 is 5.97 Å². The van der Waals surface area contributed by atoms with Crippen LogP contribution in [0.1, 0.15) is 52.4 Å². The Bertz CT molecular complexity index is 237. The van der Waals surface area contributed by atoms with E-state index in [1.807, 2.05) is 0 Å². The fourth-order valence-electron chi connectivity index (χ4n) is 1.59. The second-order valence-corrected chi connectivity index (χ2v) is 4.28. The number of carbonyl (C=O) groups is 2. The molecule has 0 aliphatic carbocycles. The van der Waals surface area contributed by atoms with E-state index in [4.69, 9.17) is 0 Å². The zero-order valence-electron chi connectivity index (χ0n) is 10.4. The van der Waals surface area contributed by atoms with Crippen LogP contribution in [-0.4, -0.2) is 19.0 Å². The topological polar surface area (TPSA) is 66.4 Å². The first-order chi connectivity index (χ1) is 7.49. The molecule has 0 rings (SSSR count). The summed E-state index contributed by atoms with van der Waals surface area (Å²) in [5.41, 5.74) is -1.50. The van der Waals surface area contributed by atoms with Crippen molar-refractivity contribution in [2.24, 2.45) is 5.41 Å². The fraction of sp³-hybridized carbons (Fsp3) is 0.833. The summed E-state index contributed by atoms with van der Waals surface area (Å²) in [4.78, 5) is 22.3. The molecule has 1 atom stereocenters. The van der Waals surface area contributed by atoms with Crippen LogP contribution in [-0.2, 0) is 14.3 Å². The number of ether oxygens (including phenoxy) is 1. The van der Waals surface area contributed by atoms with E-state index in [1.54, 1.807) is 0 Å². The predicted molar refractivity (Wildman–Crippen MR) is 58.5 cm³/mol. The SMILES string of the molecule is CCCCCCC[C@](C)(C(=O)[O-])C(=O)OC. The van der Waals surface area contributed by atoms with Gasteiger partial charge in [-0.1, -0.05) is 39.0 Å². The lowest BCUT2D eigenvalue weighted by Gasteiger charge is -2.27. The van der Waals surface area contributed by atoms with Gasteiger partial charge in [-0.15, -0.1) is 0 Å². The molecule has 0 aliphatic heterocycles. The molecule has 0 amide bonds. The number of carboxylic acids is 1. The molecular formula is C12H21O4-. The maximum Gasteiger partial charge on any atom is 0.317 e. The molecule has 0 aromatic heterocycles. The molecule has 0 spiro atoms. The standard InChI is InChI=1S/C12H22O4/c1-4-5-6-7-8-9-12(2,10(13)14)11(15)16-3/h4-9H2,1-3H3,(H,13,14)/p-1/t12-/m1/s1. The summed E-state index contributed by atoms with van der Waals surface area (Å²) in [5, 5.41) is 10.9. The summed E-state index contributed by atoms with van der Waals surface area (Å²) in [7, 11) is 1.20. The van der Waals surface area contributed by atoms with Crippen LogP contribution in [0.15, 0.2) is 0 Å². The van der Waals surface area contributed by atoms with Gasteiger partial charge in [-0.3, -0.25) is 4.79 Å². The number of carbonyl (C=O) groups excluding carboxylic acids is 2. The first-order valence-corrected chi connectivity index (χ1v) is 5.79. The Labute approximate surface area is 97.0 Å². The second-order valence-electron chi connectivity index (χ2n) is 4.28. The Balaban J connectivity index is 4.14.